The van der Waals surface area contributed by atoms with Gasteiger partial charge in [0.2, 0.25) is 4.77 Å². The lowest BCUT2D eigenvalue weighted by atomic mass is 10.3. The molecule has 0 aliphatic heterocycles. The molecule has 8 heteroatoms. The Morgan fingerprint density at radius 1 is 1.36 bits per heavy atom. The Morgan fingerprint density at radius 3 is 2.82 bits per heavy atom. The topological polar surface area (TPSA) is 38.4 Å². The SMILES string of the molecule is Cc1cc(C)n2c(=S)n(CN(C)Cc3ccc(Br)s3)nc2n1. The molecule has 0 saturated carbocycles. The van der Waals surface area contributed by atoms with Gasteiger partial charge in [0.1, 0.15) is 0 Å². The van der Waals surface area contributed by atoms with Crippen molar-refractivity contribution in [1.82, 2.24) is 24.1 Å². The molecule has 0 aromatic carbocycles. The van der Waals surface area contributed by atoms with Crippen molar-refractivity contribution in [2.75, 3.05) is 7.05 Å². The number of nitrogens with zero attached hydrogens (tertiary/aromatic N) is 5. The van der Waals surface area contributed by atoms with Crippen molar-refractivity contribution in [3.05, 3.63) is 43.0 Å². The van der Waals surface area contributed by atoms with Crippen molar-refractivity contribution in [2.24, 2.45) is 0 Å². The molecule has 0 amide bonds. The van der Waals surface area contributed by atoms with Crippen LogP contribution in [0.3, 0.4) is 0 Å². The third-order valence-corrected chi connectivity index (χ3v) is 5.30. The van der Waals surface area contributed by atoms with Crippen LogP contribution in [0, 0.1) is 18.6 Å². The molecular weight excluding hydrogens is 382 g/mol. The molecule has 3 aromatic heterocycles. The van der Waals surface area contributed by atoms with E-state index in [0.29, 0.717) is 17.2 Å². The molecule has 0 fully saturated rings. The van der Waals surface area contributed by atoms with Crippen molar-refractivity contribution in [1.29, 1.82) is 0 Å². The summed E-state index contributed by atoms with van der Waals surface area (Å²) in [6.45, 7) is 5.49. The van der Waals surface area contributed by atoms with Crippen LogP contribution in [0.4, 0.5) is 0 Å². The van der Waals surface area contributed by atoms with Gasteiger partial charge in [0.15, 0.2) is 0 Å². The van der Waals surface area contributed by atoms with Gasteiger partial charge in [-0.25, -0.2) is 9.67 Å². The van der Waals surface area contributed by atoms with E-state index in [0.717, 1.165) is 21.7 Å². The Bertz CT molecular complexity index is 879. The lowest BCUT2D eigenvalue weighted by Crippen LogP contribution is -2.22. The summed E-state index contributed by atoms with van der Waals surface area (Å²) in [5.41, 5.74) is 2.01. The molecule has 0 spiro atoms. The van der Waals surface area contributed by atoms with E-state index in [2.05, 4.69) is 50.1 Å². The van der Waals surface area contributed by atoms with Gasteiger partial charge in [-0.05, 0) is 67.2 Å². The standard InChI is InChI=1S/C14H16BrN5S2/c1-9-6-10(2)20-13(16-9)17-19(14(20)21)8-18(3)7-11-4-5-12(15)22-11/h4-6H,7-8H2,1-3H3. The second-order valence-corrected chi connectivity index (χ2v) is 8.23. The lowest BCUT2D eigenvalue weighted by Gasteiger charge is -2.14. The van der Waals surface area contributed by atoms with Crippen LogP contribution in [0.2, 0.25) is 0 Å². The second-order valence-electron chi connectivity index (χ2n) is 5.32. The summed E-state index contributed by atoms with van der Waals surface area (Å²) in [5.74, 6) is 0.662. The minimum Gasteiger partial charge on any atom is -0.282 e. The molecule has 0 aliphatic rings. The summed E-state index contributed by atoms with van der Waals surface area (Å²) in [6, 6.07) is 6.21. The van der Waals surface area contributed by atoms with Crippen LogP contribution in [0.5, 0.6) is 0 Å². The maximum absolute atomic E-state index is 5.54. The minimum absolute atomic E-state index is 0.635. The smallest absolute Gasteiger partial charge is 0.254 e. The normalized spacial score (nSPS) is 11.7. The van der Waals surface area contributed by atoms with E-state index < -0.39 is 0 Å². The number of hydrogen-bond donors (Lipinski definition) is 0. The van der Waals surface area contributed by atoms with E-state index in [1.54, 1.807) is 11.3 Å². The fraction of sp³-hybridized carbons (Fsp3) is 0.357. The largest absolute Gasteiger partial charge is 0.282 e. The van der Waals surface area contributed by atoms with Crippen molar-refractivity contribution in [2.45, 2.75) is 27.1 Å². The van der Waals surface area contributed by atoms with Gasteiger partial charge < -0.3 is 0 Å². The van der Waals surface area contributed by atoms with E-state index in [1.165, 1.54) is 4.88 Å². The first kappa shape index (κ1) is 15.8. The average Bonchev–Trinajstić information content (AvgIpc) is 2.94. The number of fused-ring (bicyclic) bond motifs is 1. The summed E-state index contributed by atoms with van der Waals surface area (Å²) >= 11 is 10.8. The number of hydrogen-bond acceptors (Lipinski definition) is 5. The van der Waals surface area contributed by atoms with Crippen LogP contribution >= 0.6 is 39.5 Å². The predicted molar refractivity (Wildman–Crippen MR) is 94.8 cm³/mol. The summed E-state index contributed by atoms with van der Waals surface area (Å²) in [6.07, 6.45) is 0. The first-order valence-corrected chi connectivity index (χ1v) is 8.82. The number of rotatable bonds is 4. The molecule has 0 unspecified atom stereocenters. The number of aryl methyl sites for hydroxylation is 2. The van der Waals surface area contributed by atoms with Crippen LogP contribution in [0.15, 0.2) is 22.0 Å². The minimum atomic E-state index is 0.635. The van der Waals surface area contributed by atoms with Crippen LogP contribution in [-0.4, -0.2) is 31.1 Å². The van der Waals surface area contributed by atoms with Gasteiger partial charge >= 0.3 is 0 Å². The molecule has 3 rings (SSSR count). The van der Waals surface area contributed by atoms with E-state index >= 15 is 0 Å². The van der Waals surface area contributed by atoms with Crippen LogP contribution < -0.4 is 0 Å². The molecule has 0 aliphatic carbocycles. The Balaban J connectivity index is 1.86. The summed E-state index contributed by atoms with van der Waals surface area (Å²) in [4.78, 5) is 7.94. The molecule has 116 valence electrons. The Hall–Kier alpha value is -1.09. The molecular formula is C14H16BrN5S2. The van der Waals surface area contributed by atoms with Gasteiger partial charge in [-0.15, -0.1) is 16.4 Å². The van der Waals surface area contributed by atoms with Gasteiger partial charge in [-0.2, -0.15) is 0 Å². The molecule has 0 radical (unpaired) electrons. The van der Waals surface area contributed by atoms with E-state index in [-0.39, 0.29) is 0 Å². The van der Waals surface area contributed by atoms with E-state index in [4.69, 9.17) is 12.2 Å². The zero-order valence-corrected chi connectivity index (χ0v) is 15.8. The van der Waals surface area contributed by atoms with Gasteiger partial charge in [0.05, 0.1) is 10.5 Å². The Morgan fingerprint density at radius 2 is 2.14 bits per heavy atom. The Labute approximate surface area is 146 Å². The maximum Gasteiger partial charge on any atom is 0.254 e. The fourth-order valence-corrected chi connectivity index (χ4v) is 4.30. The second kappa shape index (κ2) is 6.19. The maximum atomic E-state index is 5.54. The lowest BCUT2D eigenvalue weighted by molar-refractivity contribution is 0.246. The van der Waals surface area contributed by atoms with Gasteiger partial charge in [-0.1, -0.05) is 0 Å². The number of aromatic nitrogens is 4. The zero-order valence-electron chi connectivity index (χ0n) is 12.6. The molecule has 0 bridgehead atoms. The van der Waals surface area contributed by atoms with E-state index in [9.17, 15) is 0 Å². The summed E-state index contributed by atoms with van der Waals surface area (Å²) in [5, 5.41) is 4.54. The monoisotopic (exact) mass is 397 g/mol. The van der Waals surface area contributed by atoms with E-state index in [1.807, 2.05) is 29.0 Å². The third-order valence-electron chi connectivity index (χ3n) is 3.30. The Kier molecular flexibility index (Phi) is 4.44. The first-order valence-electron chi connectivity index (χ1n) is 6.80. The highest BCUT2D eigenvalue weighted by molar-refractivity contribution is 9.11. The highest BCUT2D eigenvalue weighted by Crippen LogP contribution is 2.23. The van der Waals surface area contributed by atoms with Crippen molar-refractivity contribution in [3.8, 4) is 0 Å². The summed E-state index contributed by atoms with van der Waals surface area (Å²) < 4.78 is 5.57. The highest BCUT2D eigenvalue weighted by atomic mass is 79.9. The van der Waals surface area contributed by atoms with Crippen molar-refractivity contribution in [3.63, 3.8) is 0 Å². The van der Waals surface area contributed by atoms with Gasteiger partial charge in [-0.3, -0.25) is 9.30 Å². The highest BCUT2D eigenvalue weighted by Gasteiger charge is 2.10. The molecule has 0 atom stereocenters. The number of thiophene rings is 1. The quantitative estimate of drug-likeness (QED) is 0.627. The van der Waals surface area contributed by atoms with Crippen molar-refractivity contribution < 1.29 is 0 Å². The predicted octanol–water partition coefficient (Wildman–Crippen LogP) is 3.79. The van der Waals surface area contributed by atoms with Crippen molar-refractivity contribution >= 4 is 45.3 Å². The molecule has 3 heterocycles. The molecule has 22 heavy (non-hydrogen) atoms. The van der Waals surface area contributed by atoms with Gasteiger partial charge in [0, 0.05) is 22.8 Å². The number of halogens is 1. The average molecular weight is 398 g/mol. The van der Waals surface area contributed by atoms with Gasteiger partial charge in [0.25, 0.3) is 5.78 Å². The molecule has 3 aromatic rings. The first-order chi connectivity index (χ1) is 10.4. The molecule has 5 nitrogen and oxygen atoms in total. The fourth-order valence-electron chi connectivity index (χ4n) is 2.41. The van der Waals surface area contributed by atoms with Crippen LogP contribution in [0.1, 0.15) is 16.3 Å². The van der Waals surface area contributed by atoms with Crippen LogP contribution in [-0.2, 0) is 13.2 Å². The molecule has 0 N–H and O–H groups in total. The summed E-state index contributed by atoms with van der Waals surface area (Å²) in [7, 11) is 2.06. The molecule has 0 saturated heterocycles. The zero-order chi connectivity index (χ0) is 15.9. The third kappa shape index (κ3) is 3.15. The van der Waals surface area contributed by atoms with Crippen LogP contribution in [0.25, 0.3) is 5.78 Å².